The summed E-state index contributed by atoms with van der Waals surface area (Å²) in [5.74, 6) is 0.895. The Bertz CT molecular complexity index is 721. The Balaban J connectivity index is 1.94. The number of nitrogens with zero attached hydrogens (tertiary/aromatic N) is 5. The Labute approximate surface area is 115 Å². The van der Waals surface area contributed by atoms with E-state index in [2.05, 4.69) is 25.4 Å². The molecule has 0 bridgehead atoms. The Morgan fingerprint density at radius 1 is 1.15 bits per heavy atom. The zero-order valence-corrected chi connectivity index (χ0v) is 10.9. The highest BCUT2D eigenvalue weighted by atomic mass is 15.4. The fourth-order valence-electron chi connectivity index (χ4n) is 1.78. The van der Waals surface area contributed by atoms with Crippen molar-refractivity contribution in [2.75, 3.05) is 11.1 Å². The summed E-state index contributed by atoms with van der Waals surface area (Å²) in [5.41, 5.74) is 7.74. The largest absolute Gasteiger partial charge is 0.368 e. The molecule has 7 nitrogen and oxygen atoms in total. The molecular weight excluding hydrogens is 254 g/mol. The van der Waals surface area contributed by atoms with E-state index >= 15 is 0 Å². The van der Waals surface area contributed by atoms with E-state index in [9.17, 15) is 0 Å². The molecule has 20 heavy (non-hydrogen) atoms. The highest BCUT2D eigenvalue weighted by molar-refractivity contribution is 5.55. The molecule has 3 aromatic rings. The Hall–Kier alpha value is -2.96. The Kier molecular flexibility index (Phi) is 3.00. The van der Waals surface area contributed by atoms with Crippen LogP contribution in [0.1, 0.15) is 5.56 Å². The fourth-order valence-corrected chi connectivity index (χ4v) is 1.78. The Morgan fingerprint density at radius 2 is 2.05 bits per heavy atom. The SMILES string of the molecule is Cc1cccc(Nc2nc(N)nc(-n3cccn3)n2)c1. The molecule has 2 aromatic heterocycles. The number of nitrogens with two attached hydrogens (primary N) is 1. The van der Waals surface area contributed by atoms with Gasteiger partial charge in [-0.25, -0.2) is 4.68 Å². The fraction of sp³-hybridized carbons (Fsp3) is 0.0769. The maximum absolute atomic E-state index is 5.71. The van der Waals surface area contributed by atoms with Gasteiger partial charge < -0.3 is 11.1 Å². The Morgan fingerprint density at radius 3 is 2.80 bits per heavy atom. The summed E-state index contributed by atoms with van der Waals surface area (Å²) in [4.78, 5) is 12.4. The lowest BCUT2D eigenvalue weighted by Crippen LogP contribution is -2.09. The summed E-state index contributed by atoms with van der Waals surface area (Å²) < 4.78 is 1.53. The maximum Gasteiger partial charge on any atom is 0.257 e. The van der Waals surface area contributed by atoms with E-state index in [1.807, 2.05) is 31.2 Å². The zero-order valence-electron chi connectivity index (χ0n) is 10.9. The zero-order chi connectivity index (χ0) is 13.9. The second-order valence-corrected chi connectivity index (χ2v) is 4.26. The smallest absolute Gasteiger partial charge is 0.257 e. The number of anilines is 3. The van der Waals surface area contributed by atoms with Crippen LogP contribution in [0.3, 0.4) is 0 Å². The van der Waals surface area contributed by atoms with E-state index in [-0.39, 0.29) is 5.95 Å². The van der Waals surface area contributed by atoms with E-state index in [1.165, 1.54) is 4.68 Å². The van der Waals surface area contributed by atoms with Crippen molar-refractivity contribution in [2.45, 2.75) is 6.92 Å². The van der Waals surface area contributed by atoms with Crippen molar-refractivity contribution in [3.8, 4) is 5.95 Å². The highest BCUT2D eigenvalue weighted by Gasteiger charge is 2.06. The molecule has 0 amide bonds. The molecule has 2 heterocycles. The van der Waals surface area contributed by atoms with E-state index in [0.717, 1.165) is 11.3 Å². The molecule has 0 spiro atoms. The monoisotopic (exact) mass is 267 g/mol. The van der Waals surface area contributed by atoms with Crippen LogP contribution in [-0.2, 0) is 0 Å². The molecule has 1 aromatic carbocycles. The molecular formula is C13H13N7. The van der Waals surface area contributed by atoms with Crippen molar-refractivity contribution >= 4 is 17.6 Å². The first-order valence-electron chi connectivity index (χ1n) is 6.06. The van der Waals surface area contributed by atoms with Crippen molar-refractivity contribution in [1.82, 2.24) is 24.7 Å². The van der Waals surface area contributed by atoms with Gasteiger partial charge in [-0.1, -0.05) is 12.1 Å². The van der Waals surface area contributed by atoms with E-state index < -0.39 is 0 Å². The molecule has 0 fully saturated rings. The molecule has 0 aliphatic carbocycles. The van der Waals surface area contributed by atoms with Crippen molar-refractivity contribution in [3.63, 3.8) is 0 Å². The first-order valence-corrected chi connectivity index (χ1v) is 6.06. The van der Waals surface area contributed by atoms with Gasteiger partial charge in [-0.05, 0) is 30.7 Å². The van der Waals surface area contributed by atoms with Crippen LogP contribution < -0.4 is 11.1 Å². The average molecular weight is 267 g/mol. The maximum atomic E-state index is 5.71. The van der Waals surface area contributed by atoms with Gasteiger partial charge in [-0.15, -0.1) is 0 Å². The lowest BCUT2D eigenvalue weighted by Gasteiger charge is -2.07. The standard InChI is InChI=1S/C13H13N7/c1-9-4-2-5-10(8-9)16-12-17-11(14)18-13(19-12)20-7-3-6-15-20/h2-8H,1H3,(H3,14,16,17,18,19). The predicted octanol–water partition coefficient (Wildman–Crippen LogP) is 1.69. The molecule has 0 saturated heterocycles. The molecule has 0 atom stereocenters. The topological polar surface area (TPSA) is 94.5 Å². The number of hydrogen-bond donors (Lipinski definition) is 2. The van der Waals surface area contributed by atoms with E-state index in [1.54, 1.807) is 18.5 Å². The molecule has 0 saturated carbocycles. The van der Waals surface area contributed by atoms with Crippen LogP contribution in [0, 0.1) is 6.92 Å². The molecule has 0 unspecified atom stereocenters. The molecule has 0 radical (unpaired) electrons. The van der Waals surface area contributed by atoms with Crippen LogP contribution in [0.25, 0.3) is 5.95 Å². The number of aryl methyl sites for hydroxylation is 1. The third kappa shape index (κ3) is 2.56. The molecule has 0 aliphatic rings. The van der Waals surface area contributed by atoms with Gasteiger partial charge in [-0.3, -0.25) is 0 Å². The summed E-state index contributed by atoms with van der Waals surface area (Å²) in [7, 11) is 0. The van der Waals surface area contributed by atoms with Crippen molar-refractivity contribution in [3.05, 3.63) is 48.3 Å². The quantitative estimate of drug-likeness (QED) is 0.750. The normalized spacial score (nSPS) is 10.4. The first-order chi connectivity index (χ1) is 9.70. The second kappa shape index (κ2) is 4.96. The van der Waals surface area contributed by atoms with E-state index in [4.69, 9.17) is 5.73 Å². The third-order valence-corrected chi connectivity index (χ3v) is 2.62. The lowest BCUT2D eigenvalue weighted by molar-refractivity contribution is 0.801. The van der Waals surface area contributed by atoms with Crippen LogP contribution in [0.15, 0.2) is 42.7 Å². The van der Waals surface area contributed by atoms with Crippen molar-refractivity contribution in [2.24, 2.45) is 0 Å². The summed E-state index contributed by atoms with van der Waals surface area (Å²) in [6, 6.07) is 9.68. The van der Waals surface area contributed by atoms with E-state index in [0.29, 0.717) is 11.9 Å². The molecule has 100 valence electrons. The van der Waals surface area contributed by atoms with Crippen LogP contribution in [0.2, 0.25) is 0 Å². The van der Waals surface area contributed by atoms with Gasteiger partial charge in [0.15, 0.2) is 0 Å². The summed E-state index contributed by atoms with van der Waals surface area (Å²) in [5, 5.41) is 7.17. The van der Waals surface area contributed by atoms with Crippen molar-refractivity contribution in [1.29, 1.82) is 0 Å². The summed E-state index contributed by atoms with van der Waals surface area (Å²) in [6.07, 6.45) is 3.39. The van der Waals surface area contributed by atoms with Gasteiger partial charge in [-0.2, -0.15) is 20.1 Å². The minimum absolute atomic E-state index is 0.139. The van der Waals surface area contributed by atoms with Gasteiger partial charge in [0.2, 0.25) is 11.9 Å². The molecule has 0 aliphatic heterocycles. The molecule has 7 heteroatoms. The average Bonchev–Trinajstić information content (AvgIpc) is 2.91. The van der Waals surface area contributed by atoms with Crippen LogP contribution in [0.4, 0.5) is 17.6 Å². The summed E-state index contributed by atoms with van der Waals surface area (Å²) in [6.45, 7) is 2.02. The van der Waals surface area contributed by atoms with Gasteiger partial charge in [0.25, 0.3) is 5.95 Å². The van der Waals surface area contributed by atoms with Crippen LogP contribution in [0.5, 0.6) is 0 Å². The van der Waals surface area contributed by atoms with Gasteiger partial charge in [0, 0.05) is 18.1 Å². The van der Waals surface area contributed by atoms with Gasteiger partial charge in [0.1, 0.15) is 0 Å². The number of hydrogen-bond acceptors (Lipinski definition) is 6. The number of rotatable bonds is 3. The number of benzene rings is 1. The van der Waals surface area contributed by atoms with Crippen molar-refractivity contribution < 1.29 is 0 Å². The van der Waals surface area contributed by atoms with Crippen LogP contribution >= 0.6 is 0 Å². The molecule has 3 N–H and O–H groups in total. The highest BCUT2D eigenvalue weighted by Crippen LogP contribution is 2.15. The number of nitrogen functional groups attached to an aromatic ring is 1. The summed E-state index contributed by atoms with van der Waals surface area (Å²) >= 11 is 0. The molecule has 3 rings (SSSR count). The van der Waals surface area contributed by atoms with Gasteiger partial charge >= 0.3 is 0 Å². The lowest BCUT2D eigenvalue weighted by atomic mass is 10.2. The second-order valence-electron chi connectivity index (χ2n) is 4.26. The number of aromatic nitrogens is 5. The minimum atomic E-state index is 0.139. The third-order valence-electron chi connectivity index (χ3n) is 2.62. The predicted molar refractivity (Wildman–Crippen MR) is 75.8 cm³/mol. The van der Waals surface area contributed by atoms with Crippen LogP contribution in [-0.4, -0.2) is 24.7 Å². The van der Waals surface area contributed by atoms with Gasteiger partial charge in [0.05, 0.1) is 0 Å². The first kappa shape index (κ1) is 12.1. The minimum Gasteiger partial charge on any atom is -0.368 e. The number of nitrogens with one attached hydrogen (secondary N) is 1.